The van der Waals surface area contributed by atoms with Gasteiger partial charge in [0.05, 0.1) is 5.69 Å². The second-order valence-corrected chi connectivity index (χ2v) is 4.53. The fourth-order valence-corrected chi connectivity index (χ4v) is 2.63. The van der Waals surface area contributed by atoms with Gasteiger partial charge in [0.25, 0.3) is 0 Å². The maximum atomic E-state index is 5.88. The van der Waals surface area contributed by atoms with Crippen LogP contribution in [-0.4, -0.2) is 9.97 Å². The predicted molar refractivity (Wildman–Crippen MR) is 60.1 cm³/mol. The molecule has 0 saturated carbocycles. The number of hydrogen-bond donors (Lipinski definition) is 1. The van der Waals surface area contributed by atoms with Crippen LogP contribution in [0, 0.1) is 0 Å². The zero-order valence-corrected chi connectivity index (χ0v) is 9.23. The molecule has 3 nitrogen and oxygen atoms in total. The van der Waals surface area contributed by atoms with Crippen molar-refractivity contribution in [2.45, 2.75) is 37.7 Å². The monoisotopic (exact) mass is 209 g/mol. The van der Waals surface area contributed by atoms with E-state index in [2.05, 4.69) is 16.9 Å². The van der Waals surface area contributed by atoms with Crippen molar-refractivity contribution in [1.82, 2.24) is 9.97 Å². The van der Waals surface area contributed by atoms with Gasteiger partial charge in [0, 0.05) is 23.5 Å². The largest absolute Gasteiger partial charge is 0.383 e. The molecule has 14 heavy (non-hydrogen) atoms. The van der Waals surface area contributed by atoms with Crippen LogP contribution < -0.4 is 5.73 Å². The lowest BCUT2D eigenvalue weighted by Crippen LogP contribution is -2.05. The Morgan fingerprint density at radius 3 is 3.00 bits per heavy atom. The molecule has 2 heterocycles. The molecule has 0 bridgehead atoms. The Balaban J connectivity index is 2.23. The van der Waals surface area contributed by atoms with E-state index in [9.17, 15) is 0 Å². The molecule has 0 aliphatic carbocycles. The van der Waals surface area contributed by atoms with E-state index < -0.39 is 0 Å². The summed E-state index contributed by atoms with van der Waals surface area (Å²) in [5.74, 6) is 3.60. The van der Waals surface area contributed by atoms with Crippen molar-refractivity contribution in [3.8, 4) is 0 Å². The Bertz CT molecular complexity index is 338. The van der Waals surface area contributed by atoms with Gasteiger partial charge in [0.1, 0.15) is 11.6 Å². The Morgan fingerprint density at radius 2 is 2.21 bits per heavy atom. The Labute approximate surface area is 88.5 Å². The SMILES string of the molecule is CCCCc1nc(N)c2c(n1)CSC2. The fourth-order valence-electron chi connectivity index (χ4n) is 1.58. The molecule has 0 radical (unpaired) electrons. The van der Waals surface area contributed by atoms with Crippen molar-refractivity contribution >= 4 is 17.6 Å². The van der Waals surface area contributed by atoms with Gasteiger partial charge in [-0.1, -0.05) is 13.3 Å². The summed E-state index contributed by atoms with van der Waals surface area (Å²) < 4.78 is 0. The molecular weight excluding hydrogens is 194 g/mol. The highest BCUT2D eigenvalue weighted by atomic mass is 32.2. The van der Waals surface area contributed by atoms with Crippen LogP contribution in [-0.2, 0) is 17.9 Å². The molecule has 0 fully saturated rings. The summed E-state index contributed by atoms with van der Waals surface area (Å²) in [4.78, 5) is 8.88. The molecule has 0 atom stereocenters. The first kappa shape index (κ1) is 9.77. The molecule has 1 aromatic rings. The third kappa shape index (κ3) is 1.85. The van der Waals surface area contributed by atoms with Crippen molar-refractivity contribution in [3.05, 3.63) is 17.1 Å². The van der Waals surface area contributed by atoms with E-state index in [1.54, 1.807) is 0 Å². The van der Waals surface area contributed by atoms with Crippen LogP contribution >= 0.6 is 11.8 Å². The molecular formula is C10H15N3S. The number of fused-ring (bicyclic) bond motifs is 1. The highest BCUT2D eigenvalue weighted by Crippen LogP contribution is 2.31. The summed E-state index contributed by atoms with van der Waals surface area (Å²) in [6.07, 6.45) is 3.28. The normalized spacial score (nSPS) is 14.4. The molecule has 0 aromatic carbocycles. The lowest BCUT2D eigenvalue weighted by atomic mass is 10.2. The molecule has 2 N–H and O–H groups in total. The smallest absolute Gasteiger partial charge is 0.131 e. The van der Waals surface area contributed by atoms with Crippen molar-refractivity contribution in [2.75, 3.05) is 5.73 Å². The maximum Gasteiger partial charge on any atom is 0.131 e. The van der Waals surface area contributed by atoms with Gasteiger partial charge in [-0.05, 0) is 6.42 Å². The number of unbranched alkanes of at least 4 members (excludes halogenated alkanes) is 1. The number of hydrogen-bond acceptors (Lipinski definition) is 4. The van der Waals surface area contributed by atoms with Crippen LogP contribution in [0.1, 0.15) is 36.8 Å². The van der Waals surface area contributed by atoms with E-state index in [0.717, 1.165) is 41.4 Å². The van der Waals surface area contributed by atoms with Crippen LogP contribution in [0.2, 0.25) is 0 Å². The molecule has 76 valence electrons. The van der Waals surface area contributed by atoms with Crippen LogP contribution in [0.3, 0.4) is 0 Å². The number of nitrogens with zero attached hydrogens (tertiary/aromatic N) is 2. The standard InChI is InChI=1S/C10H15N3S/c1-2-3-4-9-12-8-6-14-5-7(8)10(11)13-9/h2-6H2,1H3,(H2,11,12,13). The Hall–Kier alpha value is -0.770. The number of rotatable bonds is 3. The Morgan fingerprint density at radius 1 is 1.36 bits per heavy atom. The van der Waals surface area contributed by atoms with Crippen LogP contribution in [0.15, 0.2) is 0 Å². The zero-order chi connectivity index (χ0) is 9.97. The second-order valence-electron chi connectivity index (χ2n) is 3.55. The van der Waals surface area contributed by atoms with Gasteiger partial charge in [-0.2, -0.15) is 11.8 Å². The lowest BCUT2D eigenvalue weighted by molar-refractivity contribution is 0.748. The van der Waals surface area contributed by atoms with Gasteiger partial charge in [0.15, 0.2) is 0 Å². The first-order valence-electron chi connectivity index (χ1n) is 5.03. The van der Waals surface area contributed by atoms with E-state index >= 15 is 0 Å². The summed E-state index contributed by atoms with van der Waals surface area (Å²) >= 11 is 1.87. The number of nitrogens with two attached hydrogens (primary N) is 1. The molecule has 1 aliphatic heterocycles. The van der Waals surface area contributed by atoms with Crippen LogP contribution in [0.25, 0.3) is 0 Å². The van der Waals surface area contributed by atoms with Gasteiger partial charge in [-0.15, -0.1) is 0 Å². The quantitative estimate of drug-likeness (QED) is 0.828. The number of anilines is 1. The van der Waals surface area contributed by atoms with Crippen LogP contribution in [0.4, 0.5) is 5.82 Å². The molecule has 4 heteroatoms. The van der Waals surface area contributed by atoms with Crippen LogP contribution in [0.5, 0.6) is 0 Å². The zero-order valence-electron chi connectivity index (χ0n) is 8.42. The highest BCUT2D eigenvalue weighted by Gasteiger charge is 2.17. The summed E-state index contributed by atoms with van der Waals surface area (Å²) in [6.45, 7) is 2.17. The molecule has 2 rings (SSSR count). The van der Waals surface area contributed by atoms with Gasteiger partial charge < -0.3 is 5.73 Å². The molecule has 0 amide bonds. The number of thioether (sulfide) groups is 1. The summed E-state index contributed by atoms with van der Waals surface area (Å²) in [5, 5.41) is 0. The molecule has 1 aliphatic rings. The highest BCUT2D eigenvalue weighted by molar-refractivity contribution is 7.98. The molecule has 0 unspecified atom stereocenters. The van der Waals surface area contributed by atoms with Gasteiger partial charge >= 0.3 is 0 Å². The minimum atomic E-state index is 0.700. The minimum absolute atomic E-state index is 0.700. The first-order chi connectivity index (χ1) is 6.81. The molecule has 1 aromatic heterocycles. The second kappa shape index (κ2) is 4.17. The predicted octanol–water partition coefficient (Wildman–Crippen LogP) is 2.15. The fraction of sp³-hybridized carbons (Fsp3) is 0.600. The Kier molecular flexibility index (Phi) is 2.91. The third-order valence-corrected chi connectivity index (χ3v) is 3.38. The average Bonchev–Trinajstić information content (AvgIpc) is 2.63. The topological polar surface area (TPSA) is 51.8 Å². The van der Waals surface area contributed by atoms with Gasteiger partial charge in [-0.25, -0.2) is 9.97 Å². The number of aromatic nitrogens is 2. The summed E-state index contributed by atoms with van der Waals surface area (Å²) in [6, 6.07) is 0. The summed E-state index contributed by atoms with van der Waals surface area (Å²) in [7, 11) is 0. The van der Waals surface area contributed by atoms with Crippen molar-refractivity contribution < 1.29 is 0 Å². The first-order valence-corrected chi connectivity index (χ1v) is 6.18. The van der Waals surface area contributed by atoms with Crippen molar-refractivity contribution in [1.29, 1.82) is 0 Å². The van der Waals surface area contributed by atoms with E-state index in [1.165, 1.54) is 6.42 Å². The minimum Gasteiger partial charge on any atom is -0.383 e. The average molecular weight is 209 g/mol. The van der Waals surface area contributed by atoms with E-state index in [1.807, 2.05) is 11.8 Å². The lowest BCUT2D eigenvalue weighted by Gasteiger charge is -2.05. The van der Waals surface area contributed by atoms with Crippen molar-refractivity contribution in [2.24, 2.45) is 0 Å². The molecule has 0 saturated heterocycles. The molecule has 0 spiro atoms. The van der Waals surface area contributed by atoms with Gasteiger partial charge in [0.2, 0.25) is 0 Å². The van der Waals surface area contributed by atoms with Gasteiger partial charge in [-0.3, -0.25) is 0 Å². The van der Waals surface area contributed by atoms with E-state index in [4.69, 9.17) is 5.73 Å². The number of aryl methyl sites for hydroxylation is 1. The third-order valence-electron chi connectivity index (χ3n) is 2.41. The van der Waals surface area contributed by atoms with E-state index in [-0.39, 0.29) is 0 Å². The maximum absolute atomic E-state index is 5.88. The van der Waals surface area contributed by atoms with E-state index in [0.29, 0.717) is 5.82 Å². The van der Waals surface area contributed by atoms with Crippen molar-refractivity contribution in [3.63, 3.8) is 0 Å². The summed E-state index contributed by atoms with van der Waals surface area (Å²) in [5.41, 5.74) is 8.20. The number of nitrogen functional groups attached to an aromatic ring is 1.